The van der Waals surface area contributed by atoms with Gasteiger partial charge >= 0.3 is 17.9 Å². The summed E-state index contributed by atoms with van der Waals surface area (Å²) in [6, 6.07) is 0. The van der Waals surface area contributed by atoms with Crippen LogP contribution in [0.4, 0.5) is 0 Å². The predicted molar refractivity (Wildman–Crippen MR) is 92.0 cm³/mol. The molecule has 0 fully saturated rings. The molecule has 148 valence electrons. The zero-order valence-electron chi connectivity index (χ0n) is 16.0. The fraction of sp³-hybridized carbons (Fsp3) is 0.765. The van der Waals surface area contributed by atoms with Crippen molar-refractivity contribution in [3.63, 3.8) is 0 Å². The Hall–Kier alpha value is -2.12. The van der Waals surface area contributed by atoms with E-state index >= 15 is 0 Å². The van der Waals surface area contributed by atoms with Crippen LogP contribution in [0.5, 0.6) is 0 Å². The van der Waals surface area contributed by atoms with Crippen molar-refractivity contribution in [1.29, 1.82) is 0 Å². The summed E-state index contributed by atoms with van der Waals surface area (Å²) in [5, 5.41) is 7.42. The standard InChI is InChI=1S/C8H14O4.C7H14O2.C2H4O2/c1-11-7(9)5-3-4-6-8(10)12-2;1-3-4-5-6-7(8)9-2;1-2(3)4/h3-6H2,1-2H3;3-6H2,1-2H3;1H3,(H,3,4). The molecule has 8 heteroatoms. The van der Waals surface area contributed by atoms with E-state index in [2.05, 4.69) is 21.1 Å². The maximum absolute atomic E-state index is 10.6. The lowest BCUT2D eigenvalue weighted by Crippen LogP contribution is -2.02. The Morgan fingerprint density at radius 2 is 0.920 bits per heavy atom. The second-order valence-electron chi connectivity index (χ2n) is 4.91. The summed E-state index contributed by atoms with van der Waals surface area (Å²) in [5.74, 6) is -1.40. The number of hydrogen-bond acceptors (Lipinski definition) is 7. The van der Waals surface area contributed by atoms with Crippen LogP contribution in [0.3, 0.4) is 0 Å². The molecule has 0 aliphatic heterocycles. The highest BCUT2D eigenvalue weighted by Crippen LogP contribution is 2.01. The van der Waals surface area contributed by atoms with Gasteiger partial charge in [-0.1, -0.05) is 19.8 Å². The van der Waals surface area contributed by atoms with E-state index in [0.717, 1.165) is 26.2 Å². The summed E-state index contributed by atoms with van der Waals surface area (Å²) in [5.41, 5.74) is 0. The molecule has 0 amide bonds. The predicted octanol–water partition coefficient (Wildman–Crippen LogP) is 2.72. The number of hydrogen-bond donors (Lipinski definition) is 1. The quantitative estimate of drug-likeness (QED) is 0.377. The maximum atomic E-state index is 10.6. The number of aliphatic carboxylic acids is 1. The van der Waals surface area contributed by atoms with Crippen molar-refractivity contribution in [2.24, 2.45) is 0 Å². The Kier molecular flexibility index (Phi) is 24.3. The van der Waals surface area contributed by atoms with Gasteiger partial charge in [-0.05, 0) is 19.3 Å². The van der Waals surface area contributed by atoms with E-state index in [1.165, 1.54) is 21.3 Å². The van der Waals surface area contributed by atoms with Crippen LogP contribution in [0.2, 0.25) is 0 Å². The van der Waals surface area contributed by atoms with E-state index < -0.39 is 5.97 Å². The molecule has 0 aromatic rings. The van der Waals surface area contributed by atoms with Crippen LogP contribution < -0.4 is 0 Å². The van der Waals surface area contributed by atoms with Gasteiger partial charge in [0.2, 0.25) is 0 Å². The first kappa shape index (κ1) is 27.7. The fourth-order valence-corrected chi connectivity index (χ4v) is 1.36. The molecule has 0 bridgehead atoms. The molecule has 0 atom stereocenters. The van der Waals surface area contributed by atoms with Gasteiger partial charge in [0.1, 0.15) is 0 Å². The average Bonchev–Trinajstić information content (AvgIpc) is 2.58. The Labute approximate surface area is 149 Å². The summed E-state index contributed by atoms with van der Waals surface area (Å²) in [7, 11) is 4.12. The molecule has 25 heavy (non-hydrogen) atoms. The number of carboxylic acid groups (broad SMARTS) is 1. The fourth-order valence-electron chi connectivity index (χ4n) is 1.36. The Balaban J connectivity index is -0.000000328. The molecule has 0 unspecified atom stereocenters. The first-order valence-electron chi connectivity index (χ1n) is 8.14. The van der Waals surface area contributed by atoms with E-state index in [-0.39, 0.29) is 17.9 Å². The molecule has 0 radical (unpaired) electrons. The normalized spacial score (nSPS) is 8.68. The minimum atomic E-state index is -0.833. The van der Waals surface area contributed by atoms with E-state index in [0.29, 0.717) is 32.1 Å². The van der Waals surface area contributed by atoms with Gasteiger partial charge in [-0.3, -0.25) is 19.2 Å². The summed E-state index contributed by atoms with van der Waals surface area (Å²) in [4.78, 5) is 40.6. The lowest BCUT2D eigenvalue weighted by atomic mass is 10.2. The van der Waals surface area contributed by atoms with Gasteiger partial charge in [0.15, 0.2) is 0 Å². The Morgan fingerprint density at radius 1 is 0.680 bits per heavy atom. The smallest absolute Gasteiger partial charge is 0.305 e. The molecule has 1 N–H and O–H groups in total. The molecule has 0 saturated heterocycles. The number of carbonyl (C=O) groups excluding carboxylic acids is 3. The van der Waals surface area contributed by atoms with Crippen molar-refractivity contribution in [3.8, 4) is 0 Å². The molecule has 0 rings (SSSR count). The highest BCUT2D eigenvalue weighted by atomic mass is 16.5. The van der Waals surface area contributed by atoms with E-state index in [9.17, 15) is 14.4 Å². The molecule has 0 aromatic carbocycles. The van der Waals surface area contributed by atoms with Gasteiger partial charge in [-0.2, -0.15) is 0 Å². The largest absolute Gasteiger partial charge is 0.481 e. The van der Waals surface area contributed by atoms with Crippen LogP contribution >= 0.6 is 0 Å². The SMILES string of the molecule is CC(=O)O.CCCCCC(=O)OC.COC(=O)CCCCC(=O)OC. The number of rotatable bonds is 9. The molecule has 0 aromatic heterocycles. The van der Waals surface area contributed by atoms with Gasteiger partial charge in [-0.15, -0.1) is 0 Å². The number of ether oxygens (including phenoxy) is 3. The lowest BCUT2D eigenvalue weighted by Gasteiger charge is -1.98. The van der Waals surface area contributed by atoms with Crippen LogP contribution in [0.15, 0.2) is 0 Å². The van der Waals surface area contributed by atoms with Crippen molar-refractivity contribution in [1.82, 2.24) is 0 Å². The molecular weight excluding hydrogens is 332 g/mol. The number of unbranched alkanes of at least 4 members (excludes halogenated alkanes) is 3. The Bertz CT molecular complexity index is 344. The van der Waals surface area contributed by atoms with Crippen molar-refractivity contribution in [3.05, 3.63) is 0 Å². The summed E-state index contributed by atoms with van der Waals surface area (Å²) >= 11 is 0. The minimum Gasteiger partial charge on any atom is -0.481 e. The highest BCUT2D eigenvalue weighted by Gasteiger charge is 2.02. The van der Waals surface area contributed by atoms with E-state index in [4.69, 9.17) is 9.90 Å². The molecule has 0 aliphatic carbocycles. The third-order valence-electron chi connectivity index (χ3n) is 2.68. The van der Waals surface area contributed by atoms with Crippen LogP contribution in [-0.4, -0.2) is 50.3 Å². The number of methoxy groups -OCH3 is 3. The zero-order chi connectivity index (χ0) is 20.1. The van der Waals surface area contributed by atoms with Gasteiger partial charge in [0, 0.05) is 26.2 Å². The second kappa shape index (κ2) is 21.9. The molecule has 0 saturated carbocycles. The third-order valence-corrected chi connectivity index (χ3v) is 2.68. The van der Waals surface area contributed by atoms with Crippen molar-refractivity contribution in [2.45, 2.75) is 65.2 Å². The van der Waals surface area contributed by atoms with Crippen molar-refractivity contribution in [2.75, 3.05) is 21.3 Å². The molecular formula is C17H32O8. The van der Waals surface area contributed by atoms with Crippen LogP contribution in [0, 0.1) is 0 Å². The van der Waals surface area contributed by atoms with Gasteiger partial charge in [0.05, 0.1) is 21.3 Å². The summed E-state index contributed by atoms with van der Waals surface area (Å²) in [6.07, 6.45) is 5.88. The number of esters is 3. The van der Waals surface area contributed by atoms with Gasteiger partial charge in [-0.25, -0.2) is 0 Å². The van der Waals surface area contributed by atoms with Crippen LogP contribution in [0.1, 0.15) is 65.2 Å². The van der Waals surface area contributed by atoms with Crippen LogP contribution in [-0.2, 0) is 33.4 Å². The van der Waals surface area contributed by atoms with Crippen molar-refractivity contribution < 1.29 is 38.5 Å². The average molecular weight is 364 g/mol. The first-order chi connectivity index (χ1) is 11.7. The summed E-state index contributed by atoms with van der Waals surface area (Å²) < 4.78 is 13.3. The Morgan fingerprint density at radius 3 is 1.12 bits per heavy atom. The minimum absolute atomic E-state index is 0.0940. The maximum Gasteiger partial charge on any atom is 0.305 e. The van der Waals surface area contributed by atoms with Crippen molar-refractivity contribution >= 4 is 23.9 Å². The topological polar surface area (TPSA) is 116 Å². The van der Waals surface area contributed by atoms with E-state index in [1.807, 2.05) is 0 Å². The summed E-state index contributed by atoms with van der Waals surface area (Å²) in [6.45, 7) is 3.19. The molecule has 0 aliphatic rings. The number of carboxylic acids is 1. The van der Waals surface area contributed by atoms with E-state index in [1.54, 1.807) is 0 Å². The van der Waals surface area contributed by atoms with Crippen LogP contribution in [0.25, 0.3) is 0 Å². The molecule has 8 nitrogen and oxygen atoms in total. The van der Waals surface area contributed by atoms with Gasteiger partial charge < -0.3 is 19.3 Å². The lowest BCUT2D eigenvalue weighted by molar-refractivity contribution is -0.142. The molecule has 0 spiro atoms. The molecule has 0 heterocycles. The first-order valence-corrected chi connectivity index (χ1v) is 8.14. The highest BCUT2D eigenvalue weighted by molar-refractivity contribution is 5.70. The third kappa shape index (κ3) is 34.3. The van der Waals surface area contributed by atoms with Gasteiger partial charge in [0.25, 0.3) is 5.97 Å². The zero-order valence-corrected chi connectivity index (χ0v) is 16.0. The second-order valence-corrected chi connectivity index (χ2v) is 4.91. The monoisotopic (exact) mass is 364 g/mol. The number of carbonyl (C=O) groups is 4.